The number of aromatic nitrogens is 2. The van der Waals surface area contributed by atoms with Gasteiger partial charge < -0.3 is 4.42 Å². The van der Waals surface area contributed by atoms with Gasteiger partial charge in [-0.15, -0.1) is 22.7 Å². The van der Waals surface area contributed by atoms with Gasteiger partial charge in [-0.2, -0.15) is 0 Å². The molecule has 1 aliphatic rings. The molecule has 9 aromatic rings. The molecule has 0 aliphatic heterocycles. The van der Waals surface area contributed by atoms with E-state index in [9.17, 15) is 0 Å². The van der Waals surface area contributed by atoms with Gasteiger partial charge in [0.2, 0.25) is 0 Å². The zero-order valence-electron chi connectivity index (χ0n) is 24.0. The van der Waals surface area contributed by atoms with Gasteiger partial charge in [0, 0.05) is 47.5 Å². The summed E-state index contributed by atoms with van der Waals surface area (Å²) in [7, 11) is 0. The summed E-state index contributed by atoms with van der Waals surface area (Å²) in [4.78, 5) is 12.7. The molecule has 0 spiro atoms. The van der Waals surface area contributed by atoms with Crippen molar-refractivity contribution in [2.24, 2.45) is 0 Å². The lowest BCUT2D eigenvalue weighted by atomic mass is 9.82. The first-order valence-electron chi connectivity index (χ1n) is 14.8. The Morgan fingerprint density at radius 1 is 0.659 bits per heavy atom. The zero-order chi connectivity index (χ0) is 29.2. The maximum atomic E-state index is 6.65. The van der Waals surface area contributed by atoms with Crippen molar-refractivity contribution >= 4 is 75.0 Å². The summed E-state index contributed by atoms with van der Waals surface area (Å²) >= 11 is 3.53. The van der Waals surface area contributed by atoms with Crippen LogP contribution in [-0.4, -0.2) is 9.97 Å². The van der Waals surface area contributed by atoms with E-state index in [0.29, 0.717) is 0 Å². The Morgan fingerprint density at radius 3 is 2.39 bits per heavy atom. The second-order valence-corrected chi connectivity index (χ2v) is 14.3. The third-order valence-corrected chi connectivity index (χ3v) is 11.5. The Labute approximate surface area is 261 Å². The molecule has 44 heavy (non-hydrogen) atoms. The fraction of sp³-hybridized carbons (Fsp3) is 0.0769. The number of fused-ring (bicyclic) bond motifs is 11. The smallest absolute Gasteiger partial charge is 0.161 e. The van der Waals surface area contributed by atoms with E-state index in [1.54, 1.807) is 22.7 Å². The lowest BCUT2D eigenvalue weighted by Crippen LogP contribution is -2.15. The lowest BCUT2D eigenvalue weighted by molar-refractivity contribution is 0.620. The van der Waals surface area contributed by atoms with Gasteiger partial charge in [-0.25, -0.2) is 9.97 Å². The molecule has 4 aromatic heterocycles. The van der Waals surface area contributed by atoms with Crippen LogP contribution in [-0.2, 0) is 5.41 Å². The van der Waals surface area contributed by atoms with Gasteiger partial charge in [-0.05, 0) is 64.5 Å². The van der Waals surface area contributed by atoms with Crippen molar-refractivity contribution < 1.29 is 4.42 Å². The normalized spacial score (nSPS) is 13.9. The van der Waals surface area contributed by atoms with E-state index in [-0.39, 0.29) is 5.41 Å². The van der Waals surface area contributed by atoms with Crippen LogP contribution in [0.15, 0.2) is 114 Å². The third-order valence-electron chi connectivity index (χ3n) is 9.31. The Bertz CT molecular complexity index is 2620. The monoisotopic (exact) mass is 600 g/mol. The van der Waals surface area contributed by atoms with Crippen molar-refractivity contribution in [3.8, 4) is 33.1 Å². The average molecular weight is 601 g/mol. The van der Waals surface area contributed by atoms with Crippen LogP contribution in [0.1, 0.15) is 25.0 Å². The van der Waals surface area contributed by atoms with Gasteiger partial charge in [-0.1, -0.05) is 80.6 Å². The van der Waals surface area contributed by atoms with E-state index in [1.807, 2.05) is 0 Å². The van der Waals surface area contributed by atoms with E-state index >= 15 is 0 Å². The Balaban J connectivity index is 1.21. The Kier molecular flexibility index (Phi) is 4.82. The molecule has 0 radical (unpaired) electrons. The minimum Gasteiger partial charge on any atom is -0.456 e. The van der Waals surface area contributed by atoms with Crippen LogP contribution in [0.5, 0.6) is 0 Å². The molecular weight excluding hydrogens is 577 g/mol. The van der Waals surface area contributed by atoms with Crippen molar-refractivity contribution in [2.75, 3.05) is 0 Å². The van der Waals surface area contributed by atoms with E-state index in [1.165, 1.54) is 42.4 Å². The number of benzene rings is 5. The first kappa shape index (κ1) is 24.6. The molecule has 0 fully saturated rings. The molecular formula is C39H24N2OS2. The standard InChI is InChI=1S/C39H24N2OS2/c1-39(2)28-12-6-4-10-23(28)24-16-17-25-27-19-22(15-18-29(27)42-36(25)34(24)39)37-40-35(32-20-21-9-3-7-13-30(21)43-32)33-26-11-5-8-14-31(26)44-38(33)41-37/h3-20H,1-2H3. The van der Waals surface area contributed by atoms with Gasteiger partial charge in [0.05, 0.1) is 10.6 Å². The summed E-state index contributed by atoms with van der Waals surface area (Å²) in [5, 5.41) is 5.81. The number of nitrogens with zero attached hydrogens (tertiary/aromatic N) is 2. The van der Waals surface area contributed by atoms with Crippen LogP contribution >= 0.6 is 22.7 Å². The minimum atomic E-state index is -0.142. The van der Waals surface area contributed by atoms with Crippen molar-refractivity contribution in [3.05, 3.63) is 120 Å². The highest BCUT2D eigenvalue weighted by Crippen LogP contribution is 2.52. The summed E-state index contributed by atoms with van der Waals surface area (Å²) < 4.78 is 9.14. The molecule has 3 nitrogen and oxygen atoms in total. The van der Waals surface area contributed by atoms with Crippen molar-refractivity contribution in [1.82, 2.24) is 9.97 Å². The van der Waals surface area contributed by atoms with Crippen molar-refractivity contribution in [2.45, 2.75) is 19.3 Å². The van der Waals surface area contributed by atoms with Gasteiger partial charge in [0.15, 0.2) is 5.82 Å². The highest BCUT2D eigenvalue weighted by Gasteiger charge is 2.38. The van der Waals surface area contributed by atoms with Crippen LogP contribution in [0.25, 0.3) is 85.4 Å². The summed E-state index contributed by atoms with van der Waals surface area (Å²) in [6.07, 6.45) is 0. The first-order chi connectivity index (χ1) is 21.5. The predicted octanol–water partition coefficient (Wildman–Crippen LogP) is 11.6. The summed E-state index contributed by atoms with van der Waals surface area (Å²) in [5.74, 6) is 0.738. The quantitative estimate of drug-likeness (QED) is 0.198. The summed E-state index contributed by atoms with van der Waals surface area (Å²) in [5.41, 5.74) is 8.89. The second kappa shape index (κ2) is 8.63. The second-order valence-electron chi connectivity index (χ2n) is 12.2. The SMILES string of the molecule is CC1(C)c2ccccc2-c2ccc3c(oc4ccc(-c5nc(-c6cc7ccccc7s6)c6c(n5)sc5ccccc56)cc43)c21. The van der Waals surface area contributed by atoms with Crippen LogP contribution in [0.4, 0.5) is 0 Å². The average Bonchev–Trinajstić information content (AvgIpc) is 3.80. The molecule has 0 amide bonds. The highest BCUT2D eigenvalue weighted by atomic mass is 32.1. The maximum absolute atomic E-state index is 6.65. The number of thiophene rings is 2. The molecule has 0 saturated carbocycles. The molecule has 10 rings (SSSR count). The van der Waals surface area contributed by atoms with Crippen molar-refractivity contribution in [3.63, 3.8) is 0 Å². The summed E-state index contributed by atoms with van der Waals surface area (Å²) in [6.45, 7) is 4.61. The molecule has 0 bridgehead atoms. The van der Waals surface area contributed by atoms with Crippen LogP contribution < -0.4 is 0 Å². The molecule has 5 heteroatoms. The fourth-order valence-corrected chi connectivity index (χ4v) is 9.39. The van der Waals surface area contributed by atoms with E-state index < -0.39 is 0 Å². The molecule has 4 heterocycles. The van der Waals surface area contributed by atoms with E-state index in [2.05, 4.69) is 123 Å². The minimum absolute atomic E-state index is 0.142. The first-order valence-corrected chi connectivity index (χ1v) is 16.5. The largest absolute Gasteiger partial charge is 0.456 e. The Morgan fingerprint density at radius 2 is 1.48 bits per heavy atom. The highest BCUT2D eigenvalue weighted by molar-refractivity contribution is 7.26. The number of rotatable bonds is 2. The lowest BCUT2D eigenvalue weighted by Gasteiger charge is -2.21. The number of hydrogen-bond acceptors (Lipinski definition) is 5. The molecule has 0 unspecified atom stereocenters. The van der Waals surface area contributed by atoms with E-state index in [0.717, 1.165) is 54.1 Å². The topological polar surface area (TPSA) is 38.9 Å². The molecule has 5 aromatic carbocycles. The molecule has 0 atom stereocenters. The van der Waals surface area contributed by atoms with Crippen molar-refractivity contribution in [1.29, 1.82) is 0 Å². The predicted molar refractivity (Wildman–Crippen MR) is 186 cm³/mol. The third kappa shape index (κ3) is 3.26. The van der Waals surface area contributed by atoms with Crippen LogP contribution in [0.3, 0.4) is 0 Å². The maximum Gasteiger partial charge on any atom is 0.161 e. The van der Waals surface area contributed by atoms with Gasteiger partial charge in [-0.3, -0.25) is 0 Å². The zero-order valence-corrected chi connectivity index (χ0v) is 25.6. The van der Waals surface area contributed by atoms with Gasteiger partial charge >= 0.3 is 0 Å². The van der Waals surface area contributed by atoms with Gasteiger partial charge in [0.25, 0.3) is 0 Å². The number of furan rings is 1. The van der Waals surface area contributed by atoms with Crippen LogP contribution in [0.2, 0.25) is 0 Å². The number of hydrogen-bond donors (Lipinski definition) is 0. The molecule has 208 valence electrons. The molecule has 1 aliphatic carbocycles. The van der Waals surface area contributed by atoms with Gasteiger partial charge in [0.1, 0.15) is 16.0 Å². The molecule has 0 saturated heterocycles. The fourth-order valence-electron chi connectivity index (χ4n) is 7.25. The van der Waals surface area contributed by atoms with Crippen LogP contribution in [0, 0.1) is 0 Å². The molecule has 0 N–H and O–H groups in total. The van der Waals surface area contributed by atoms with E-state index in [4.69, 9.17) is 14.4 Å². The summed E-state index contributed by atoms with van der Waals surface area (Å²) in [6, 6.07) is 39.0. The Hall–Kier alpha value is -4.84.